The number of nitrogens with zero attached hydrogens (tertiary/aromatic N) is 3. The Morgan fingerprint density at radius 1 is 1.09 bits per heavy atom. The highest BCUT2D eigenvalue weighted by Crippen LogP contribution is 2.44. The van der Waals surface area contributed by atoms with Crippen LogP contribution in [0.25, 0.3) is 0 Å². The van der Waals surface area contributed by atoms with Gasteiger partial charge in [0.1, 0.15) is 10.8 Å². The van der Waals surface area contributed by atoms with Crippen LogP contribution < -0.4 is 4.74 Å². The Hall–Kier alpha value is -2.49. The Morgan fingerprint density at radius 2 is 1.79 bits per heavy atom. The highest BCUT2D eigenvalue weighted by molar-refractivity contribution is 8.00. The van der Waals surface area contributed by atoms with E-state index in [1.807, 2.05) is 4.90 Å². The van der Waals surface area contributed by atoms with Crippen LogP contribution in [0.2, 0.25) is 10.0 Å². The van der Waals surface area contributed by atoms with Crippen LogP contribution in [0.4, 0.5) is 5.69 Å². The number of carbonyl (C=O) groups excluding carboxylic acids is 2. The molecule has 0 aliphatic carbocycles. The van der Waals surface area contributed by atoms with Crippen molar-refractivity contribution in [2.75, 3.05) is 32.0 Å². The van der Waals surface area contributed by atoms with Crippen LogP contribution in [-0.4, -0.2) is 63.4 Å². The molecule has 174 valence electrons. The van der Waals surface area contributed by atoms with Gasteiger partial charge in [0.15, 0.2) is 6.61 Å². The lowest BCUT2D eigenvalue weighted by Gasteiger charge is -2.44. The molecule has 2 heterocycles. The molecule has 2 amide bonds. The second kappa shape index (κ2) is 9.79. The van der Waals surface area contributed by atoms with Crippen molar-refractivity contribution in [3.05, 3.63) is 68.2 Å². The monoisotopic (exact) mass is 509 g/mol. The summed E-state index contributed by atoms with van der Waals surface area (Å²) < 4.78 is 5.64. The van der Waals surface area contributed by atoms with Crippen molar-refractivity contribution in [1.29, 1.82) is 0 Å². The van der Waals surface area contributed by atoms with Gasteiger partial charge in [0, 0.05) is 42.0 Å². The van der Waals surface area contributed by atoms with Gasteiger partial charge in [-0.15, -0.1) is 11.8 Å². The predicted molar refractivity (Wildman–Crippen MR) is 127 cm³/mol. The molecule has 0 bridgehead atoms. The highest BCUT2D eigenvalue weighted by Gasteiger charge is 2.47. The summed E-state index contributed by atoms with van der Waals surface area (Å²) in [5, 5.41) is 11.7. The summed E-state index contributed by atoms with van der Waals surface area (Å²) in [4.78, 5) is 39.6. The molecule has 0 aromatic heterocycles. The molecule has 2 aromatic rings. The van der Waals surface area contributed by atoms with Gasteiger partial charge in [-0.05, 0) is 49.2 Å². The molecule has 0 atom stereocenters. The lowest BCUT2D eigenvalue weighted by molar-refractivity contribution is -0.384. The number of amides is 2. The molecule has 0 radical (unpaired) electrons. The maximum atomic E-state index is 12.9. The minimum Gasteiger partial charge on any atom is -0.484 e. The lowest BCUT2D eigenvalue weighted by atomic mass is 10.0. The third kappa shape index (κ3) is 5.05. The van der Waals surface area contributed by atoms with Gasteiger partial charge in [0.25, 0.3) is 17.5 Å². The van der Waals surface area contributed by atoms with E-state index < -0.39 is 4.92 Å². The van der Waals surface area contributed by atoms with Gasteiger partial charge in [-0.3, -0.25) is 19.7 Å². The number of likely N-dealkylation sites (tertiary alicyclic amines) is 1. The van der Waals surface area contributed by atoms with Crippen LogP contribution in [0.5, 0.6) is 5.75 Å². The van der Waals surface area contributed by atoms with Crippen LogP contribution in [0.1, 0.15) is 23.2 Å². The number of rotatable bonds is 5. The highest BCUT2D eigenvalue weighted by atomic mass is 35.5. The number of benzene rings is 2. The number of nitro benzene ring substituents is 1. The molecule has 33 heavy (non-hydrogen) atoms. The standard InChI is InChI=1S/C22H21Cl2N3O5S/c23-16-2-4-17(5-3-16)32-14-20(28)26-11-12-33-22(26)7-9-25(10-8-22)21(29)15-1-6-18(24)19(13-15)27(30)31/h1-6,13H,7-12,14H2. The first-order chi connectivity index (χ1) is 15.8. The first kappa shape index (κ1) is 23.7. The summed E-state index contributed by atoms with van der Waals surface area (Å²) >= 11 is 13.5. The van der Waals surface area contributed by atoms with Crippen molar-refractivity contribution in [1.82, 2.24) is 9.80 Å². The Labute approximate surface area is 204 Å². The normalized spacial score (nSPS) is 17.3. The number of carbonyl (C=O) groups is 2. The van der Waals surface area contributed by atoms with E-state index in [0.717, 1.165) is 5.75 Å². The van der Waals surface area contributed by atoms with Gasteiger partial charge >= 0.3 is 0 Å². The lowest BCUT2D eigenvalue weighted by Crippen LogP contribution is -2.54. The first-order valence-corrected chi connectivity index (χ1v) is 12.1. The van der Waals surface area contributed by atoms with E-state index in [4.69, 9.17) is 27.9 Å². The van der Waals surface area contributed by atoms with Crippen molar-refractivity contribution < 1.29 is 19.2 Å². The molecule has 2 saturated heterocycles. The maximum Gasteiger partial charge on any atom is 0.288 e. The third-order valence-electron chi connectivity index (χ3n) is 5.88. The number of piperidine rings is 1. The minimum atomic E-state index is -0.602. The zero-order valence-electron chi connectivity index (χ0n) is 17.5. The first-order valence-electron chi connectivity index (χ1n) is 10.4. The van der Waals surface area contributed by atoms with E-state index in [2.05, 4.69) is 0 Å². The largest absolute Gasteiger partial charge is 0.484 e. The molecule has 1 spiro atoms. The van der Waals surface area contributed by atoms with Gasteiger partial charge in [-0.1, -0.05) is 23.2 Å². The Kier molecular flexibility index (Phi) is 7.02. The number of halogens is 2. The second-order valence-electron chi connectivity index (χ2n) is 7.80. The van der Waals surface area contributed by atoms with E-state index in [-0.39, 0.29) is 39.6 Å². The summed E-state index contributed by atoms with van der Waals surface area (Å²) in [5.41, 5.74) is -0.0646. The van der Waals surface area contributed by atoms with E-state index in [1.165, 1.54) is 18.2 Å². The fourth-order valence-corrected chi connectivity index (χ4v) is 5.94. The minimum absolute atomic E-state index is 0.00789. The molecule has 2 aliphatic heterocycles. The molecular formula is C22H21Cl2N3O5S. The molecular weight excluding hydrogens is 489 g/mol. The van der Waals surface area contributed by atoms with Gasteiger partial charge < -0.3 is 14.5 Å². The molecule has 0 N–H and O–H groups in total. The second-order valence-corrected chi connectivity index (χ2v) is 10.1. The molecule has 2 aliphatic rings. The average Bonchev–Trinajstić information content (AvgIpc) is 3.21. The van der Waals surface area contributed by atoms with Gasteiger partial charge in [0.05, 0.1) is 9.79 Å². The Morgan fingerprint density at radius 3 is 2.45 bits per heavy atom. The summed E-state index contributed by atoms with van der Waals surface area (Å²) in [7, 11) is 0. The molecule has 0 saturated carbocycles. The summed E-state index contributed by atoms with van der Waals surface area (Å²) in [6, 6.07) is 10.9. The van der Waals surface area contributed by atoms with E-state index in [9.17, 15) is 19.7 Å². The van der Waals surface area contributed by atoms with Crippen LogP contribution in [-0.2, 0) is 4.79 Å². The summed E-state index contributed by atoms with van der Waals surface area (Å²) in [6.07, 6.45) is 1.23. The predicted octanol–water partition coefficient (Wildman–Crippen LogP) is 4.49. The SMILES string of the molecule is O=C(c1ccc(Cl)c([N+](=O)[O-])c1)N1CCC2(CC1)SCCN2C(=O)COc1ccc(Cl)cc1. The van der Waals surface area contributed by atoms with Crippen molar-refractivity contribution in [3.63, 3.8) is 0 Å². The maximum absolute atomic E-state index is 12.9. The topological polar surface area (TPSA) is 93.0 Å². The van der Waals surface area contributed by atoms with Crippen molar-refractivity contribution in [2.45, 2.75) is 17.7 Å². The quantitative estimate of drug-likeness (QED) is 0.435. The van der Waals surface area contributed by atoms with Crippen molar-refractivity contribution >= 4 is 52.5 Å². The Balaban J connectivity index is 1.38. The fraction of sp³-hybridized carbons (Fsp3) is 0.364. The van der Waals surface area contributed by atoms with Crippen molar-refractivity contribution in [3.8, 4) is 5.75 Å². The van der Waals surface area contributed by atoms with Crippen LogP contribution >= 0.6 is 35.0 Å². The summed E-state index contributed by atoms with van der Waals surface area (Å²) in [6.45, 7) is 1.46. The van der Waals surface area contributed by atoms with Gasteiger partial charge in [0.2, 0.25) is 0 Å². The van der Waals surface area contributed by atoms with Crippen LogP contribution in [0.3, 0.4) is 0 Å². The zero-order chi connectivity index (χ0) is 23.6. The summed E-state index contributed by atoms with van der Waals surface area (Å²) in [5.74, 6) is 1.02. The number of ether oxygens (including phenoxy) is 1. The number of hydrogen-bond acceptors (Lipinski definition) is 6. The Bertz CT molecular complexity index is 1070. The van der Waals surface area contributed by atoms with E-state index >= 15 is 0 Å². The zero-order valence-corrected chi connectivity index (χ0v) is 19.9. The van der Waals surface area contributed by atoms with Crippen LogP contribution in [0, 0.1) is 10.1 Å². The average molecular weight is 510 g/mol. The molecule has 2 fully saturated rings. The van der Waals surface area contributed by atoms with Crippen LogP contribution in [0.15, 0.2) is 42.5 Å². The smallest absolute Gasteiger partial charge is 0.288 e. The number of nitro groups is 1. The molecule has 11 heteroatoms. The molecule has 8 nitrogen and oxygen atoms in total. The third-order valence-corrected chi connectivity index (χ3v) is 8.00. The number of hydrogen-bond donors (Lipinski definition) is 0. The van der Waals surface area contributed by atoms with Gasteiger partial charge in [-0.2, -0.15) is 0 Å². The fourth-order valence-electron chi connectivity index (χ4n) is 4.16. The molecule has 0 unspecified atom stereocenters. The van der Waals surface area contributed by atoms with E-state index in [0.29, 0.717) is 43.2 Å². The molecule has 2 aromatic carbocycles. The number of thioether (sulfide) groups is 1. The van der Waals surface area contributed by atoms with Crippen molar-refractivity contribution in [2.24, 2.45) is 0 Å². The van der Waals surface area contributed by atoms with E-state index in [1.54, 1.807) is 40.9 Å². The van der Waals surface area contributed by atoms with Gasteiger partial charge in [-0.25, -0.2) is 0 Å². The molecule has 4 rings (SSSR count).